The number of guanidine groups is 2. The smallest absolute Gasteiger partial charge is 0.199 e. The quantitative estimate of drug-likeness (QED) is 0.428. The standard InChI is InChI=1S/C11H12Cl3N5/c12-5-3-7(13)9(8(14)4-5)18-11(16)19-10(15)17-6-1-2-6/h3-4,6H,1-2H2,(H5,15,16,17,18,19). The van der Waals surface area contributed by atoms with Crippen molar-refractivity contribution in [1.82, 2.24) is 10.6 Å². The van der Waals surface area contributed by atoms with E-state index < -0.39 is 0 Å². The van der Waals surface area contributed by atoms with Gasteiger partial charge in [0.15, 0.2) is 11.9 Å². The van der Waals surface area contributed by atoms with Crippen LogP contribution in [0.1, 0.15) is 12.8 Å². The van der Waals surface area contributed by atoms with Gasteiger partial charge in [0.2, 0.25) is 0 Å². The molecular weight excluding hydrogens is 309 g/mol. The van der Waals surface area contributed by atoms with Crippen molar-refractivity contribution in [1.29, 1.82) is 10.8 Å². The van der Waals surface area contributed by atoms with Crippen molar-refractivity contribution in [2.24, 2.45) is 0 Å². The largest absolute Gasteiger partial charge is 0.353 e. The Morgan fingerprint density at radius 3 is 2.16 bits per heavy atom. The molecule has 0 unspecified atom stereocenters. The fraction of sp³-hybridized carbons (Fsp3) is 0.273. The summed E-state index contributed by atoms with van der Waals surface area (Å²) in [6.45, 7) is 0. The van der Waals surface area contributed by atoms with Gasteiger partial charge in [-0.2, -0.15) is 0 Å². The van der Waals surface area contributed by atoms with Crippen LogP contribution < -0.4 is 16.0 Å². The zero-order chi connectivity index (χ0) is 14.0. The second-order valence-corrected chi connectivity index (χ2v) is 5.41. The minimum Gasteiger partial charge on any atom is -0.353 e. The van der Waals surface area contributed by atoms with Gasteiger partial charge in [-0.05, 0) is 25.0 Å². The molecule has 0 heterocycles. The lowest BCUT2D eigenvalue weighted by Gasteiger charge is -2.14. The third-order valence-corrected chi connectivity index (χ3v) is 3.25. The summed E-state index contributed by atoms with van der Waals surface area (Å²) in [7, 11) is 0. The average molecular weight is 321 g/mol. The number of rotatable bonds is 2. The van der Waals surface area contributed by atoms with E-state index >= 15 is 0 Å². The van der Waals surface area contributed by atoms with Crippen molar-refractivity contribution in [2.45, 2.75) is 18.9 Å². The van der Waals surface area contributed by atoms with E-state index in [2.05, 4.69) is 16.0 Å². The fourth-order valence-corrected chi connectivity index (χ4v) is 2.32. The molecule has 0 aromatic heterocycles. The van der Waals surface area contributed by atoms with Crippen LogP contribution in [0.25, 0.3) is 0 Å². The van der Waals surface area contributed by atoms with E-state index in [0.29, 0.717) is 26.8 Å². The summed E-state index contributed by atoms with van der Waals surface area (Å²) in [6.07, 6.45) is 2.11. The number of hydrogen-bond donors (Lipinski definition) is 5. The van der Waals surface area contributed by atoms with Gasteiger partial charge in [0, 0.05) is 11.1 Å². The molecule has 0 bridgehead atoms. The van der Waals surface area contributed by atoms with Gasteiger partial charge in [0.1, 0.15) is 0 Å². The highest BCUT2D eigenvalue weighted by Crippen LogP contribution is 2.33. The first kappa shape index (κ1) is 14.2. The Balaban J connectivity index is 1.96. The van der Waals surface area contributed by atoms with E-state index in [-0.39, 0.29) is 11.9 Å². The Hall–Kier alpha value is -1.17. The van der Waals surface area contributed by atoms with Crippen LogP contribution in [-0.2, 0) is 0 Å². The van der Waals surface area contributed by atoms with Crippen molar-refractivity contribution in [3.8, 4) is 0 Å². The summed E-state index contributed by atoms with van der Waals surface area (Å²) < 4.78 is 0. The summed E-state index contributed by atoms with van der Waals surface area (Å²) in [5, 5.41) is 24.5. The van der Waals surface area contributed by atoms with Crippen LogP contribution in [-0.4, -0.2) is 18.0 Å². The Morgan fingerprint density at radius 2 is 1.63 bits per heavy atom. The maximum absolute atomic E-state index is 7.71. The lowest BCUT2D eigenvalue weighted by Crippen LogP contribution is -2.43. The summed E-state index contributed by atoms with van der Waals surface area (Å²) in [4.78, 5) is 0. The molecular formula is C11H12Cl3N5. The van der Waals surface area contributed by atoms with Crippen LogP contribution in [0.15, 0.2) is 12.1 Å². The molecule has 19 heavy (non-hydrogen) atoms. The Kier molecular flexibility index (Phi) is 4.39. The molecule has 0 saturated heterocycles. The monoisotopic (exact) mass is 319 g/mol. The lowest BCUT2D eigenvalue weighted by molar-refractivity contribution is 0.872. The van der Waals surface area contributed by atoms with Gasteiger partial charge in [-0.15, -0.1) is 0 Å². The van der Waals surface area contributed by atoms with Gasteiger partial charge < -0.3 is 10.6 Å². The van der Waals surface area contributed by atoms with E-state index in [1.165, 1.54) is 12.1 Å². The fourth-order valence-electron chi connectivity index (χ4n) is 1.41. The molecule has 1 aromatic rings. The normalized spacial score (nSPS) is 13.8. The first-order valence-electron chi connectivity index (χ1n) is 5.58. The molecule has 1 aromatic carbocycles. The van der Waals surface area contributed by atoms with Crippen LogP contribution in [0.2, 0.25) is 15.1 Å². The zero-order valence-electron chi connectivity index (χ0n) is 9.78. The molecule has 0 atom stereocenters. The second-order valence-electron chi connectivity index (χ2n) is 4.16. The Bertz CT molecular complexity index is 504. The molecule has 0 amide bonds. The van der Waals surface area contributed by atoms with E-state index in [4.69, 9.17) is 45.6 Å². The van der Waals surface area contributed by atoms with Crippen molar-refractivity contribution >= 4 is 52.4 Å². The van der Waals surface area contributed by atoms with Gasteiger partial charge in [0.05, 0.1) is 15.7 Å². The predicted octanol–water partition coefficient (Wildman–Crippen LogP) is 3.27. The first-order chi connectivity index (χ1) is 8.95. The number of benzene rings is 1. The molecule has 1 aliphatic rings. The van der Waals surface area contributed by atoms with Crippen LogP contribution in [0, 0.1) is 10.8 Å². The Labute approximate surface area is 125 Å². The first-order valence-corrected chi connectivity index (χ1v) is 6.71. The minimum absolute atomic E-state index is 0.0706. The van der Waals surface area contributed by atoms with Gasteiger partial charge in [-0.25, -0.2) is 0 Å². The van der Waals surface area contributed by atoms with Gasteiger partial charge in [-0.1, -0.05) is 34.8 Å². The minimum atomic E-state index is -0.0933. The summed E-state index contributed by atoms with van der Waals surface area (Å²) in [5.41, 5.74) is 0.379. The van der Waals surface area contributed by atoms with Crippen molar-refractivity contribution in [3.05, 3.63) is 27.2 Å². The lowest BCUT2D eigenvalue weighted by atomic mass is 10.3. The van der Waals surface area contributed by atoms with Crippen molar-refractivity contribution in [2.75, 3.05) is 5.32 Å². The van der Waals surface area contributed by atoms with Gasteiger partial charge >= 0.3 is 0 Å². The van der Waals surface area contributed by atoms with Crippen LogP contribution in [0.3, 0.4) is 0 Å². The van der Waals surface area contributed by atoms with E-state index in [1.54, 1.807) is 0 Å². The van der Waals surface area contributed by atoms with E-state index in [0.717, 1.165) is 12.8 Å². The molecule has 0 aliphatic heterocycles. The third-order valence-electron chi connectivity index (χ3n) is 2.43. The molecule has 102 valence electrons. The topological polar surface area (TPSA) is 83.8 Å². The number of hydrogen-bond acceptors (Lipinski definition) is 2. The predicted molar refractivity (Wildman–Crippen MR) is 79.8 cm³/mol. The number of halogens is 3. The molecule has 5 nitrogen and oxygen atoms in total. The molecule has 1 fully saturated rings. The molecule has 8 heteroatoms. The maximum atomic E-state index is 7.71. The highest BCUT2D eigenvalue weighted by atomic mass is 35.5. The summed E-state index contributed by atoms with van der Waals surface area (Å²) in [6, 6.07) is 3.40. The summed E-state index contributed by atoms with van der Waals surface area (Å²) >= 11 is 17.8. The average Bonchev–Trinajstić information content (AvgIpc) is 3.06. The SMILES string of the molecule is N=C(NC(=N)NC1CC1)Nc1c(Cl)cc(Cl)cc1Cl. The van der Waals surface area contributed by atoms with Crippen molar-refractivity contribution < 1.29 is 0 Å². The maximum Gasteiger partial charge on any atom is 0.199 e. The number of anilines is 1. The Morgan fingerprint density at radius 1 is 1.05 bits per heavy atom. The second kappa shape index (κ2) is 5.86. The molecule has 2 rings (SSSR count). The van der Waals surface area contributed by atoms with Gasteiger partial charge in [-0.3, -0.25) is 16.1 Å². The zero-order valence-corrected chi connectivity index (χ0v) is 12.0. The highest BCUT2D eigenvalue weighted by molar-refractivity contribution is 6.42. The van der Waals surface area contributed by atoms with Crippen molar-refractivity contribution in [3.63, 3.8) is 0 Å². The molecule has 5 N–H and O–H groups in total. The summed E-state index contributed by atoms with van der Waals surface area (Å²) in [5.74, 6) is -0.0227. The number of nitrogens with one attached hydrogen (secondary N) is 5. The van der Waals surface area contributed by atoms with Gasteiger partial charge in [0.25, 0.3) is 0 Å². The van der Waals surface area contributed by atoms with E-state index in [1.807, 2.05) is 0 Å². The highest BCUT2D eigenvalue weighted by Gasteiger charge is 2.22. The molecule has 0 radical (unpaired) electrons. The van der Waals surface area contributed by atoms with Crippen LogP contribution >= 0.6 is 34.8 Å². The van der Waals surface area contributed by atoms with E-state index in [9.17, 15) is 0 Å². The molecule has 1 aliphatic carbocycles. The third kappa shape index (κ3) is 4.16. The van der Waals surface area contributed by atoms with Crippen LogP contribution in [0.4, 0.5) is 5.69 Å². The molecule has 1 saturated carbocycles. The van der Waals surface area contributed by atoms with Crippen LogP contribution in [0.5, 0.6) is 0 Å². The molecule has 0 spiro atoms.